The van der Waals surface area contributed by atoms with Gasteiger partial charge in [-0.1, -0.05) is 24.3 Å². The largest absolute Gasteiger partial charge is 0.497 e. The number of methoxy groups -OCH3 is 2. The first-order chi connectivity index (χ1) is 13.1. The van der Waals surface area contributed by atoms with E-state index in [1.165, 1.54) is 0 Å². The van der Waals surface area contributed by atoms with Gasteiger partial charge in [-0.2, -0.15) is 0 Å². The second-order valence-corrected chi connectivity index (χ2v) is 7.51. The molecule has 0 heterocycles. The molecule has 0 aromatic heterocycles. The van der Waals surface area contributed by atoms with E-state index in [1.54, 1.807) is 26.0 Å². The fourth-order valence-corrected chi connectivity index (χ4v) is 4.00. The summed E-state index contributed by atoms with van der Waals surface area (Å²) in [6.45, 7) is 3.79. The molecule has 3 nitrogen and oxygen atoms in total. The standard InChI is InChI=1S/C23H30O3S/c1-5-6-7-8-15-23(24,17-18-9-11-19(25-2)12-10-18)21-14-13-20(26-3)16-22(21)27-4/h5,9-14,16,24H,1,6-8,15,17H2,2-4H3. The number of hydrogen-bond donors (Lipinski definition) is 1. The highest BCUT2D eigenvalue weighted by molar-refractivity contribution is 7.98. The summed E-state index contributed by atoms with van der Waals surface area (Å²) in [5.74, 6) is 1.63. The van der Waals surface area contributed by atoms with E-state index in [1.807, 2.05) is 54.8 Å². The Bertz CT molecular complexity index is 727. The Morgan fingerprint density at radius 1 is 1.04 bits per heavy atom. The molecule has 2 rings (SSSR count). The molecule has 1 atom stereocenters. The van der Waals surface area contributed by atoms with E-state index < -0.39 is 5.60 Å². The summed E-state index contributed by atoms with van der Waals surface area (Å²) < 4.78 is 10.6. The van der Waals surface area contributed by atoms with Crippen molar-refractivity contribution in [2.45, 2.75) is 42.6 Å². The van der Waals surface area contributed by atoms with Gasteiger partial charge in [0.2, 0.25) is 0 Å². The lowest BCUT2D eigenvalue weighted by atomic mass is 9.82. The summed E-state index contributed by atoms with van der Waals surface area (Å²) in [6, 6.07) is 13.9. The maximum Gasteiger partial charge on any atom is 0.119 e. The fourth-order valence-electron chi connectivity index (χ4n) is 3.29. The number of unbranched alkanes of at least 4 members (excludes halogenated alkanes) is 2. The first kappa shape index (κ1) is 21.4. The highest BCUT2D eigenvalue weighted by Crippen LogP contribution is 2.38. The number of rotatable bonds is 11. The second-order valence-electron chi connectivity index (χ2n) is 6.66. The van der Waals surface area contributed by atoms with Crippen LogP contribution in [0.4, 0.5) is 0 Å². The number of allylic oxidation sites excluding steroid dienone is 1. The van der Waals surface area contributed by atoms with E-state index in [-0.39, 0.29) is 0 Å². The van der Waals surface area contributed by atoms with Gasteiger partial charge in [0.15, 0.2) is 0 Å². The third kappa shape index (κ3) is 5.78. The Kier molecular flexibility index (Phi) is 8.26. The van der Waals surface area contributed by atoms with Crippen molar-refractivity contribution in [2.75, 3.05) is 20.5 Å². The Hall–Kier alpha value is -1.91. The number of ether oxygens (including phenoxy) is 2. The highest BCUT2D eigenvalue weighted by Gasteiger charge is 2.31. The summed E-state index contributed by atoms with van der Waals surface area (Å²) >= 11 is 1.64. The molecule has 0 bridgehead atoms. The molecule has 0 saturated carbocycles. The normalized spacial score (nSPS) is 13.0. The maximum absolute atomic E-state index is 11.7. The minimum atomic E-state index is -0.930. The third-order valence-electron chi connectivity index (χ3n) is 4.81. The van der Waals surface area contributed by atoms with Gasteiger partial charge in [-0.05, 0) is 67.3 Å². The first-order valence-electron chi connectivity index (χ1n) is 9.25. The van der Waals surface area contributed by atoms with Crippen LogP contribution in [0.15, 0.2) is 60.0 Å². The van der Waals surface area contributed by atoms with Crippen LogP contribution in [0.3, 0.4) is 0 Å². The summed E-state index contributed by atoms with van der Waals surface area (Å²) in [5, 5.41) is 11.7. The van der Waals surface area contributed by atoms with Crippen molar-refractivity contribution in [3.8, 4) is 11.5 Å². The second kappa shape index (κ2) is 10.4. The molecular formula is C23H30O3S. The van der Waals surface area contributed by atoms with Crippen molar-refractivity contribution >= 4 is 11.8 Å². The van der Waals surface area contributed by atoms with Gasteiger partial charge in [0.05, 0.1) is 19.8 Å². The SMILES string of the molecule is C=CCCCCC(O)(Cc1ccc(OC)cc1)c1ccc(OC)cc1SC. The van der Waals surface area contributed by atoms with Crippen LogP contribution in [0.5, 0.6) is 11.5 Å². The molecule has 146 valence electrons. The minimum absolute atomic E-state index is 0.560. The van der Waals surface area contributed by atoms with Crippen LogP contribution in [-0.2, 0) is 12.0 Å². The van der Waals surface area contributed by atoms with Crippen LogP contribution in [0.25, 0.3) is 0 Å². The van der Waals surface area contributed by atoms with E-state index in [9.17, 15) is 5.11 Å². The van der Waals surface area contributed by atoms with Crippen molar-refractivity contribution in [2.24, 2.45) is 0 Å². The van der Waals surface area contributed by atoms with Crippen LogP contribution in [-0.4, -0.2) is 25.6 Å². The third-order valence-corrected chi connectivity index (χ3v) is 5.59. The summed E-state index contributed by atoms with van der Waals surface area (Å²) in [4.78, 5) is 1.05. The van der Waals surface area contributed by atoms with E-state index in [2.05, 4.69) is 6.58 Å². The zero-order valence-electron chi connectivity index (χ0n) is 16.5. The van der Waals surface area contributed by atoms with Gasteiger partial charge in [-0.3, -0.25) is 0 Å². The Morgan fingerprint density at radius 3 is 2.30 bits per heavy atom. The predicted octanol–water partition coefficient (Wildman–Crippen LogP) is 5.60. The van der Waals surface area contributed by atoms with Gasteiger partial charge in [0.1, 0.15) is 11.5 Å². The van der Waals surface area contributed by atoms with Crippen LogP contribution < -0.4 is 9.47 Å². The lowest BCUT2D eigenvalue weighted by molar-refractivity contribution is 0.0225. The minimum Gasteiger partial charge on any atom is -0.497 e. The highest BCUT2D eigenvalue weighted by atomic mass is 32.2. The van der Waals surface area contributed by atoms with Crippen LogP contribution in [0.2, 0.25) is 0 Å². The van der Waals surface area contributed by atoms with Gasteiger partial charge >= 0.3 is 0 Å². The molecule has 0 spiro atoms. The topological polar surface area (TPSA) is 38.7 Å². The molecule has 0 aliphatic heterocycles. The van der Waals surface area contributed by atoms with Crippen molar-refractivity contribution in [3.05, 3.63) is 66.2 Å². The van der Waals surface area contributed by atoms with E-state index >= 15 is 0 Å². The van der Waals surface area contributed by atoms with E-state index in [4.69, 9.17) is 9.47 Å². The van der Waals surface area contributed by atoms with Gasteiger partial charge in [-0.15, -0.1) is 18.3 Å². The number of thioether (sulfide) groups is 1. The Balaban J connectivity index is 2.34. The van der Waals surface area contributed by atoms with Gasteiger partial charge in [-0.25, -0.2) is 0 Å². The lowest BCUT2D eigenvalue weighted by Crippen LogP contribution is -2.29. The quantitative estimate of drug-likeness (QED) is 0.310. The van der Waals surface area contributed by atoms with E-state index in [0.717, 1.165) is 46.8 Å². The van der Waals surface area contributed by atoms with Crippen molar-refractivity contribution in [1.29, 1.82) is 0 Å². The molecule has 1 unspecified atom stereocenters. The summed E-state index contributed by atoms with van der Waals surface area (Å²) in [6.07, 6.45) is 8.17. The number of hydrogen-bond acceptors (Lipinski definition) is 4. The number of benzene rings is 2. The molecule has 27 heavy (non-hydrogen) atoms. The monoisotopic (exact) mass is 386 g/mol. The molecule has 0 saturated heterocycles. The molecule has 4 heteroatoms. The first-order valence-corrected chi connectivity index (χ1v) is 10.5. The molecular weight excluding hydrogens is 356 g/mol. The fraction of sp³-hybridized carbons (Fsp3) is 0.391. The van der Waals surface area contributed by atoms with Gasteiger partial charge in [0, 0.05) is 11.3 Å². The van der Waals surface area contributed by atoms with Crippen molar-refractivity contribution in [1.82, 2.24) is 0 Å². The average Bonchev–Trinajstić information content (AvgIpc) is 2.71. The molecule has 0 aliphatic rings. The molecule has 2 aromatic carbocycles. The van der Waals surface area contributed by atoms with Crippen molar-refractivity contribution < 1.29 is 14.6 Å². The van der Waals surface area contributed by atoms with Crippen molar-refractivity contribution in [3.63, 3.8) is 0 Å². The van der Waals surface area contributed by atoms with Gasteiger partial charge < -0.3 is 14.6 Å². The van der Waals surface area contributed by atoms with E-state index in [0.29, 0.717) is 12.8 Å². The molecule has 0 aliphatic carbocycles. The molecule has 2 aromatic rings. The molecule has 0 fully saturated rings. The molecule has 1 N–H and O–H groups in total. The zero-order valence-corrected chi connectivity index (χ0v) is 17.3. The molecule has 0 amide bonds. The van der Waals surface area contributed by atoms with Crippen LogP contribution in [0, 0.1) is 0 Å². The Morgan fingerprint density at radius 2 is 1.70 bits per heavy atom. The van der Waals surface area contributed by atoms with Crippen LogP contribution in [0.1, 0.15) is 36.8 Å². The smallest absolute Gasteiger partial charge is 0.119 e. The lowest BCUT2D eigenvalue weighted by Gasteiger charge is -2.31. The summed E-state index contributed by atoms with van der Waals surface area (Å²) in [7, 11) is 3.32. The molecule has 0 radical (unpaired) electrons. The number of aliphatic hydroxyl groups is 1. The summed E-state index contributed by atoms with van der Waals surface area (Å²) in [5.41, 5.74) is 1.12. The Labute approximate surface area is 167 Å². The zero-order chi connectivity index (χ0) is 19.7. The average molecular weight is 387 g/mol. The maximum atomic E-state index is 11.7. The van der Waals surface area contributed by atoms with Crippen LogP contribution >= 0.6 is 11.8 Å². The predicted molar refractivity (Wildman–Crippen MR) is 114 cm³/mol. The van der Waals surface area contributed by atoms with Gasteiger partial charge in [0.25, 0.3) is 0 Å².